The molecule has 11 heavy (non-hydrogen) atoms. The molecule has 0 radical (unpaired) electrons. The normalized spacial score (nSPS) is 12.8. The maximum absolute atomic E-state index is 10.5. The molecule has 0 aliphatic rings. The number of primary amides is 1. The van der Waals surface area contributed by atoms with Crippen molar-refractivity contribution in [1.82, 2.24) is 0 Å². The molecule has 1 heterocycles. The van der Waals surface area contributed by atoms with Gasteiger partial charge in [0.1, 0.15) is 5.76 Å². The van der Waals surface area contributed by atoms with Gasteiger partial charge < -0.3 is 15.9 Å². The van der Waals surface area contributed by atoms with Crippen LogP contribution in [0.1, 0.15) is 5.76 Å². The van der Waals surface area contributed by atoms with Crippen molar-refractivity contribution in [2.75, 3.05) is 0 Å². The van der Waals surface area contributed by atoms with Crippen molar-refractivity contribution in [3.8, 4) is 0 Å². The smallest absolute Gasteiger partial charge is 0.234 e. The van der Waals surface area contributed by atoms with Crippen LogP contribution in [-0.4, -0.2) is 11.9 Å². The highest BCUT2D eigenvalue weighted by Gasteiger charge is 2.10. The zero-order valence-corrected chi connectivity index (χ0v) is 5.99. The van der Waals surface area contributed by atoms with Crippen LogP contribution >= 0.6 is 0 Å². The molecule has 0 aliphatic carbocycles. The van der Waals surface area contributed by atoms with Crippen LogP contribution in [0.15, 0.2) is 22.8 Å². The Morgan fingerprint density at radius 3 is 2.91 bits per heavy atom. The lowest BCUT2D eigenvalue weighted by molar-refractivity contribution is -0.119. The van der Waals surface area contributed by atoms with Crippen molar-refractivity contribution in [2.24, 2.45) is 11.5 Å². The summed E-state index contributed by atoms with van der Waals surface area (Å²) in [6.07, 6.45) is 1.89. The summed E-state index contributed by atoms with van der Waals surface area (Å²) in [6.45, 7) is 0. The number of carbonyl (C=O) groups is 1. The third-order valence-electron chi connectivity index (χ3n) is 1.37. The van der Waals surface area contributed by atoms with Crippen LogP contribution in [0.3, 0.4) is 0 Å². The molecule has 0 saturated carbocycles. The first-order chi connectivity index (χ1) is 5.20. The van der Waals surface area contributed by atoms with Crippen LogP contribution in [0.4, 0.5) is 0 Å². The fourth-order valence-electron chi connectivity index (χ4n) is 0.746. The zero-order chi connectivity index (χ0) is 8.27. The Morgan fingerprint density at radius 1 is 1.73 bits per heavy atom. The van der Waals surface area contributed by atoms with Gasteiger partial charge in [0.05, 0.1) is 12.3 Å². The minimum absolute atomic E-state index is 0.363. The molecule has 0 fully saturated rings. The first-order valence-corrected chi connectivity index (χ1v) is 3.27. The van der Waals surface area contributed by atoms with Gasteiger partial charge in [-0.05, 0) is 12.1 Å². The van der Waals surface area contributed by atoms with Gasteiger partial charge in [0.25, 0.3) is 0 Å². The van der Waals surface area contributed by atoms with E-state index in [4.69, 9.17) is 15.9 Å². The van der Waals surface area contributed by atoms with E-state index < -0.39 is 11.9 Å². The number of amides is 1. The Kier molecular flexibility index (Phi) is 2.28. The topological polar surface area (TPSA) is 82.2 Å². The van der Waals surface area contributed by atoms with E-state index in [1.807, 2.05) is 0 Å². The first kappa shape index (κ1) is 7.81. The number of furan rings is 1. The molecule has 0 aliphatic heterocycles. The first-order valence-electron chi connectivity index (χ1n) is 3.27. The van der Waals surface area contributed by atoms with Crippen molar-refractivity contribution in [2.45, 2.75) is 12.5 Å². The number of nitrogens with two attached hydrogens (primary N) is 2. The van der Waals surface area contributed by atoms with Crippen LogP contribution in [-0.2, 0) is 11.2 Å². The molecule has 1 aromatic heterocycles. The van der Waals surface area contributed by atoms with Gasteiger partial charge in [-0.15, -0.1) is 0 Å². The predicted molar refractivity (Wildman–Crippen MR) is 39.6 cm³/mol. The molecule has 4 N–H and O–H groups in total. The standard InChI is InChI=1S/C7H10N2O2/c8-6(7(9)10)4-5-2-1-3-11-5/h1-3,6H,4,8H2,(H2,9,10)/t6-/m1/s1. The highest BCUT2D eigenvalue weighted by Crippen LogP contribution is 2.02. The second kappa shape index (κ2) is 3.21. The highest BCUT2D eigenvalue weighted by atomic mass is 16.3. The van der Waals surface area contributed by atoms with Crippen LogP contribution < -0.4 is 11.5 Å². The van der Waals surface area contributed by atoms with Gasteiger partial charge in [-0.2, -0.15) is 0 Å². The van der Waals surface area contributed by atoms with E-state index in [1.54, 1.807) is 12.1 Å². The SMILES string of the molecule is NC(=O)[C@H](N)Cc1ccco1. The van der Waals surface area contributed by atoms with E-state index in [0.29, 0.717) is 12.2 Å². The lowest BCUT2D eigenvalue weighted by Gasteiger charge is -2.02. The van der Waals surface area contributed by atoms with Crippen molar-refractivity contribution >= 4 is 5.91 Å². The van der Waals surface area contributed by atoms with E-state index in [0.717, 1.165) is 0 Å². The Labute approximate surface area is 64.2 Å². The molecule has 1 amide bonds. The third-order valence-corrected chi connectivity index (χ3v) is 1.37. The summed E-state index contributed by atoms with van der Waals surface area (Å²) in [6, 6.07) is 2.84. The average molecular weight is 154 g/mol. The number of hydrogen-bond donors (Lipinski definition) is 2. The van der Waals surface area contributed by atoms with Gasteiger partial charge in [0.2, 0.25) is 5.91 Å². The summed E-state index contributed by atoms with van der Waals surface area (Å²) in [4.78, 5) is 10.5. The minimum atomic E-state index is -0.652. The van der Waals surface area contributed by atoms with Crippen LogP contribution in [0.5, 0.6) is 0 Å². The molecule has 0 aromatic carbocycles. The molecule has 1 aromatic rings. The summed E-state index contributed by atoms with van der Waals surface area (Å²) >= 11 is 0. The zero-order valence-electron chi connectivity index (χ0n) is 5.99. The molecule has 0 unspecified atom stereocenters. The van der Waals surface area contributed by atoms with Gasteiger partial charge in [0, 0.05) is 6.42 Å². The van der Waals surface area contributed by atoms with Crippen LogP contribution in [0.25, 0.3) is 0 Å². The molecule has 4 nitrogen and oxygen atoms in total. The Hall–Kier alpha value is -1.29. The maximum atomic E-state index is 10.5. The van der Waals surface area contributed by atoms with Gasteiger partial charge >= 0.3 is 0 Å². The minimum Gasteiger partial charge on any atom is -0.469 e. The maximum Gasteiger partial charge on any atom is 0.234 e. The molecule has 1 atom stereocenters. The number of rotatable bonds is 3. The number of carbonyl (C=O) groups excluding carboxylic acids is 1. The molecule has 0 spiro atoms. The largest absolute Gasteiger partial charge is 0.469 e. The van der Waals surface area contributed by atoms with Gasteiger partial charge in [-0.3, -0.25) is 4.79 Å². The molecule has 4 heteroatoms. The quantitative estimate of drug-likeness (QED) is 0.623. The van der Waals surface area contributed by atoms with E-state index in [-0.39, 0.29) is 0 Å². The van der Waals surface area contributed by atoms with Crippen molar-refractivity contribution in [1.29, 1.82) is 0 Å². The molecule has 60 valence electrons. The molecular formula is C7H10N2O2. The van der Waals surface area contributed by atoms with Crippen LogP contribution in [0, 0.1) is 0 Å². The van der Waals surface area contributed by atoms with Gasteiger partial charge in [-0.25, -0.2) is 0 Å². The van der Waals surface area contributed by atoms with Gasteiger partial charge in [0.15, 0.2) is 0 Å². The summed E-state index contributed by atoms with van der Waals surface area (Å²) < 4.78 is 4.97. The molecule has 0 saturated heterocycles. The molecule has 0 bridgehead atoms. The van der Waals surface area contributed by atoms with E-state index >= 15 is 0 Å². The van der Waals surface area contributed by atoms with Crippen molar-refractivity contribution in [3.63, 3.8) is 0 Å². The Bertz CT molecular complexity index is 231. The van der Waals surface area contributed by atoms with E-state index in [9.17, 15) is 4.79 Å². The van der Waals surface area contributed by atoms with Gasteiger partial charge in [-0.1, -0.05) is 0 Å². The summed E-state index contributed by atoms with van der Waals surface area (Å²) in [7, 11) is 0. The van der Waals surface area contributed by atoms with Crippen molar-refractivity contribution < 1.29 is 9.21 Å². The molecule has 1 rings (SSSR count). The summed E-state index contributed by atoms with van der Waals surface area (Å²) in [5.74, 6) is 0.165. The lowest BCUT2D eigenvalue weighted by atomic mass is 10.2. The Balaban J connectivity index is 2.50. The predicted octanol–water partition coefficient (Wildman–Crippen LogP) is -0.365. The van der Waals surface area contributed by atoms with Crippen LogP contribution in [0.2, 0.25) is 0 Å². The second-order valence-corrected chi connectivity index (χ2v) is 2.29. The highest BCUT2D eigenvalue weighted by molar-refractivity contribution is 5.79. The summed E-state index contributed by atoms with van der Waals surface area (Å²) in [5, 5.41) is 0. The number of hydrogen-bond acceptors (Lipinski definition) is 3. The Morgan fingerprint density at radius 2 is 2.45 bits per heavy atom. The van der Waals surface area contributed by atoms with E-state index in [2.05, 4.69) is 0 Å². The monoisotopic (exact) mass is 154 g/mol. The fourth-order valence-corrected chi connectivity index (χ4v) is 0.746. The second-order valence-electron chi connectivity index (χ2n) is 2.29. The average Bonchev–Trinajstić information content (AvgIpc) is 2.39. The third kappa shape index (κ3) is 2.09. The van der Waals surface area contributed by atoms with E-state index in [1.165, 1.54) is 6.26 Å². The lowest BCUT2D eigenvalue weighted by Crippen LogP contribution is -2.37. The molecular weight excluding hydrogens is 144 g/mol. The fraction of sp³-hybridized carbons (Fsp3) is 0.286. The van der Waals surface area contributed by atoms with Crippen molar-refractivity contribution in [3.05, 3.63) is 24.2 Å². The summed E-state index contributed by atoms with van der Waals surface area (Å²) in [5.41, 5.74) is 10.3.